The predicted octanol–water partition coefficient (Wildman–Crippen LogP) is 4.87. The molecule has 0 unspecified atom stereocenters. The van der Waals surface area contributed by atoms with E-state index in [1.54, 1.807) is 44.2 Å². The highest BCUT2D eigenvalue weighted by Gasteiger charge is 2.27. The number of ether oxygens (including phenoxy) is 2. The first-order valence-electron chi connectivity index (χ1n) is 9.91. The minimum Gasteiger partial charge on any atom is -0.544 e. The summed E-state index contributed by atoms with van der Waals surface area (Å²) in [4.78, 5) is 26.1. The average Bonchev–Trinajstić information content (AvgIpc) is 2.70. The van der Waals surface area contributed by atoms with Crippen LogP contribution in [0.15, 0.2) is 39.5 Å². The number of rotatable bonds is 6. The van der Waals surface area contributed by atoms with E-state index in [1.165, 1.54) is 7.11 Å². The highest BCUT2D eigenvalue weighted by molar-refractivity contribution is 6.70. The number of hydrogen-bond donors (Lipinski definition) is 1. The standard InChI is InChI=1S/C23H26O7Si/c1-7-28-23(26)22-18(14-8-10-15(27-3)11-9-14)21(25)19-17(29-22)12-16(13(2)20(19)24)30-31(4,5)6/h8-12,24H,7H2,1-6H3. The molecule has 0 amide bonds. The Balaban J connectivity index is 2.36. The molecule has 1 N–H and O–H groups in total. The summed E-state index contributed by atoms with van der Waals surface area (Å²) in [5.41, 5.74) is 0.421. The van der Waals surface area contributed by atoms with E-state index in [0.29, 0.717) is 22.6 Å². The molecule has 0 radical (unpaired) electrons. The summed E-state index contributed by atoms with van der Waals surface area (Å²) in [5, 5.41) is 10.8. The predicted molar refractivity (Wildman–Crippen MR) is 121 cm³/mol. The largest absolute Gasteiger partial charge is 0.544 e. The van der Waals surface area contributed by atoms with Crippen molar-refractivity contribution in [1.82, 2.24) is 0 Å². The number of esters is 1. The molecule has 1 aromatic heterocycles. The van der Waals surface area contributed by atoms with E-state index in [0.717, 1.165) is 0 Å². The molecule has 3 rings (SSSR count). The average molecular weight is 443 g/mol. The number of carbonyl (C=O) groups is 1. The molecule has 0 spiro atoms. The zero-order chi connectivity index (χ0) is 22.9. The van der Waals surface area contributed by atoms with E-state index in [4.69, 9.17) is 18.3 Å². The Hall–Kier alpha value is -3.26. The third-order valence-electron chi connectivity index (χ3n) is 4.62. The molecule has 0 saturated carbocycles. The maximum absolute atomic E-state index is 13.5. The second-order valence-corrected chi connectivity index (χ2v) is 12.4. The molecule has 31 heavy (non-hydrogen) atoms. The number of carbonyl (C=O) groups excluding carboxylic acids is 1. The highest BCUT2D eigenvalue weighted by atomic mass is 28.4. The van der Waals surface area contributed by atoms with E-state index in [1.807, 2.05) is 19.6 Å². The summed E-state index contributed by atoms with van der Waals surface area (Å²) in [7, 11) is -0.476. The van der Waals surface area contributed by atoms with Gasteiger partial charge < -0.3 is 23.4 Å². The first kappa shape index (κ1) is 22.4. The maximum Gasteiger partial charge on any atom is 0.375 e. The molecule has 0 fully saturated rings. The number of benzene rings is 2. The summed E-state index contributed by atoms with van der Waals surface area (Å²) >= 11 is 0. The van der Waals surface area contributed by atoms with Gasteiger partial charge in [-0.25, -0.2) is 4.79 Å². The lowest BCUT2D eigenvalue weighted by molar-refractivity contribution is 0.0492. The van der Waals surface area contributed by atoms with Gasteiger partial charge in [-0.05, 0) is 51.2 Å². The van der Waals surface area contributed by atoms with Gasteiger partial charge in [0.05, 0.1) is 19.3 Å². The van der Waals surface area contributed by atoms with Gasteiger partial charge in [-0.15, -0.1) is 0 Å². The van der Waals surface area contributed by atoms with Crippen molar-refractivity contribution in [3.8, 4) is 28.4 Å². The molecule has 0 bridgehead atoms. The Morgan fingerprint density at radius 2 is 1.81 bits per heavy atom. The van der Waals surface area contributed by atoms with Crippen LogP contribution in [-0.4, -0.2) is 33.1 Å². The van der Waals surface area contributed by atoms with Crippen LogP contribution in [0, 0.1) is 6.92 Å². The lowest BCUT2D eigenvalue weighted by atomic mass is 10.00. The molecule has 0 aliphatic rings. The monoisotopic (exact) mass is 442 g/mol. The summed E-state index contributed by atoms with van der Waals surface area (Å²) in [6.45, 7) is 9.46. The number of aromatic hydroxyl groups is 1. The van der Waals surface area contributed by atoms with Gasteiger partial charge in [0.15, 0.2) is 0 Å². The van der Waals surface area contributed by atoms with Crippen molar-refractivity contribution in [1.29, 1.82) is 0 Å². The quantitative estimate of drug-likeness (QED) is 0.430. The van der Waals surface area contributed by atoms with Crippen molar-refractivity contribution in [2.75, 3.05) is 13.7 Å². The van der Waals surface area contributed by atoms with E-state index < -0.39 is 19.7 Å². The minimum atomic E-state index is -2.01. The molecule has 1 heterocycles. The fourth-order valence-corrected chi connectivity index (χ4v) is 4.08. The van der Waals surface area contributed by atoms with Crippen molar-refractivity contribution in [3.05, 3.63) is 51.9 Å². The molecule has 0 aliphatic carbocycles. The Kier molecular flexibility index (Phi) is 6.12. The van der Waals surface area contributed by atoms with Crippen LogP contribution in [0.1, 0.15) is 23.0 Å². The number of hydrogen-bond acceptors (Lipinski definition) is 7. The minimum absolute atomic E-state index is 0.0145. The zero-order valence-electron chi connectivity index (χ0n) is 18.5. The van der Waals surface area contributed by atoms with Crippen LogP contribution < -0.4 is 14.6 Å². The van der Waals surface area contributed by atoms with Gasteiger partial charge in [-0.3, -0.25) is 4.79 Å². The number of phenolic OH excluding ortho intramolecular Hbond substituents is 1. The van der Waals surface area contributed by atoms with Crippen LogP contribution in [-0.2, 0) is 4.74 Å². The van der Waals surface area contributed by atoms with Crippen molar-refractivity contribution >= 4 is 25.3 Å². The van der Waals surface area contributed by atoms with Crippen molar-refractivity contribution in [2.45, 2.75) is 33.5 Å². The van der Waals surface area contributed by atoms with Crippen LogP contribution in [0.4, 0.5) is 0 Å². The Morgan fingerprint density at radius 3 is 2.35 bits per heavy atom. The molecule has 0 aliphatic heterocycles. The molecular weight excluding hydrogens is 416 g/mol. The Morgan fingerprint density at radius 1 is 1.16 bits per heavy atom. The van der Waals surface area contributed by atoms with Gasteiger partial charge in [0, 0.05) is 11.6 Å². The van der Waals surface area contributed by atoms with Crippen LogP contribution >= 0.6 is 0 Å². The normalized spacial score (nSPS) is 11.4. The topological polar surface area (TPSA) is 95.2 Å². The second kappa shape index (κ2) is 8.47. The lowest BCUT2D eigenvalue weighted by Crippen LogP contribution is -2.29. The smallest absolute Gasteiger partial charge is 0.375 e. The molecule has 0 saturated heterocycles. The molecule has 0 atom stereocenters. The fraction of sp³-hybridized carbons (Fsp3) is 0.304. The summed E-state index contributed by atoms with van der Waals surface area (Å²) < 4.78 is 22.2. The number of methoxy groups -OCH3 is 1. The highest BCUT2D eigenvalue weighted by Crippen LogP contribution is 2.37. The van der Waals surface area contributed by atoms with Crippen molar-refractivity contribution in [3.63, 3.8) is 0 Å². The summed E-state index contributed by atoms with van der Waals surface area (Å²) in [5.74, 6) is -0.214. The van der Waals surface area contributed by atoms with Crippen molar-refractivity contribution < 1.29 is 28.2 Å². The van der Waals surface area contributed by atoms with Crippen LogP contribution in [0.2, 0.25) is 19.6 Å². The van der Waals surface area contributed by atoms with Gasteiger partial charge in [0.25, 0.3) is 0 Å². The fourth-order valence-electron chi connectivity index (χ4n) is 3.21. The molecule has 164 valence electrons. The summed E-state index contributed by atoms with van der Waals surface area (Å²) in [6, 6.07) is 8.18. The summed E-state index contributed by atoms with van der Waals surface area (Å²) in [6.07, 6.45) is 0. The van der Waals surface area contributed by atoms with Crippen LogP contribution in [0.3, 0.4) is 0 Å². The van der Waals surface area contributed by atoms with Gasteiger partial charge in [-0.1, -0.05) is 12.1 Å². The Labute approximate surface area is 181 Å². The van der Waals surface area contributed by atoms with Gasteiger partial charge in [0.1, 0.15) is 28.2 Å². The first-order chi connectivity index (χ1) is 14.6. The second-order valence-electron chi connectivity index (χ2n) is 8.02. The first-order valence-corrected chi connectivity index (χ1v) is 13.3. The van der Waals surface area contributed by atoms with Gasteiger partial charge >= 0.3 is 5.97 Å². The van der Waals surface area contributed by atoms with E-state index in [-0.39, 0.29) is 34.6 Å². The molecule has 7 nitrogen and oxygen atoms in total. The van der Waals surface area contributed by atoms with Gasteiger partial charge in [0.2, 0.25) is 19.5 Å². The lowest BCUT2D eigenvalue weighted by Gasteiger charge is -2.22. The third kappa shape index (κ3) is 4.44. The molecule has 2 aromatic carbocycles. The maximum atomic E-state index is 13.5. The van der Waals surface area contributed by atoms with Crippen LogP contribution in [0.5, 0.6) is 17.2 Å². The zero-order valence-corrected chi connectivity index (χ0v) is 19.5. The van der Waals surface area contributed by atoms with Crippen LogP contribution in [0.25, 0.3) is 22.1 Å². The van der Waals surface area contributed by atoms with E-state index in [2.05, 4.69) is 0 Å². The molecule has 8 heteroatoms. The number of fused-ring (bicyclic) bond motifs is 1. The van der Waals surface area contributed by atoms with E-state index in [9.17, 15) is 14.7 Å². The third-order valence-corrected chi connectivity index (χ3v) is 5.45. The van der Waals surface area contributed by atoms with E-state index >= 15 is 0 Å². The van der Waals surface area contributed by atoms with Gasteiger partial charge in [-0.2, -0.15) is 0 Å². The molecular formula is C23H26O7Si. The Bertz CT molecular complexity index is 1190. The molecule has 3 aromatic rings. The SMILES string of the molecule is CCOC(=O)c1oc2cc(O[Si](C)(C)C)c(C)c(O)c2c(=O)c1-c1ccc(OC)cc1. The van der Waals surface area contributed by atoms with Crippen molar-refractivity contribution in [2.24, 2.45) is 0 Å². The number of phenols is 1.